The average Bonchev–Trinajstić information content (AvgIpc) is 2.46. The van der Waals surface area contributed by atoms with Crippen LogP contribution in [0.4, 0.5) is 5.69 Å². The molecule has 0 spiro atoms. The van der Waals surface area contributed by atoms with E-state index in [-0.39, 0.29) is 0 Å². The van der Waals surface area contributed by atoms with E-state index < -0.39 is 0 Å². The van der Waals surface area contributed by atoms with Crippen LogP contribution in [0.3, 0.4) is 0 Å². The maximum atomic E-state index is 9.37. The smallest absolute Gasteiger partial charge is 0.103 e. The van der Waals surface area contributed by atoms with Gasteiger partial charge in [-0.15, -0.1) is 11.8 Å². The molecule has 0 amide bonds. The van der Waals surface area contributed by atoms with Gasteiger partial charge in [0.2, 0.25) is 0 Å². The molecule has 2 rings (SSSR count). The maximum Gasteiger partial charge on any atom is 0.103 e. The molecule has 96 valence electrons. The largest absolute Gasteiger partial charge is 0.369 e. The van der Waals surface area contributed by atoms with Crippen LogP contribution < -0.4 is 10.2 Å². The van der Waals surface area contributed by atoms with Gasteiger partial charge < -0.3 is 10.2 Å². The topological polar surface area (TPSA) is 39.1 Å². The molecule has 1 fully saturated rings. The number of piperidine rings is 1. The highest BCUT2D eigenvalue weighted by atomic mass is 32.2. The molecule has 1 atom stereocenters. The minimum absolute atomic E-state index is 0.489. The van der Waals surface area contributed by atoms with E-state index in [2.05, 4.69) is 23.3 Å². The van der Waals surface area contributed by atoms with E-state index in [9.17, 15) is 5.26 Å². The first-order chi connectivity index (χ1) is 8.77. The van der Waals surface area contributed by atoms with Crippen LogP contribution in [0.5, 0.6) is 0 Å². The van der Waals surface area contributed by atoms with Gasteiger partial charge in [0.05, 0.1) is 11.3 Å². The van der Waals surface area contributed by atoms with Gasteiger partial charge in [-0.3, -0.25) is 0 Å². The molecular weight excluding hydrogens is 242 g/mol. The van der Waals surface area contributed by atoms with Crippen LogP contribution in [0.25, 0.3) is 0 Å². The van der Waals surface area contributed by atoms with E-state index >= 15 is 0 Å². The molecule has 1 N–H and O–H groups in total. The fourth-order valence-electron chi connectivity index (χ4n) is 2.46. The number of rotatable bonds is 3. The first kappa shape index (κ1) is 13.3. The summed E-state index contributed by atoms with van der Waals surface area (Å²) in [5, 5.41) is 12.8. The lowest BCUT2D eigenvalue weighted by Gasteiger charge is -2.34. The minimum atomic E-state index is 0.489. The van der Waals surface area contributed by atoms with Crippen molar-refractivity contribution in [1.29, 1.82) is 5.26 Å². The number of nitriles is 1. The quantitative estimate of drug-likeness (QED) is 0.848. The summed E-state index contributed by atoms with van der Waals surface area (Å²) in [6.07, 6.45) is 4.42. The van der Waals surface area contributed by atoms with Crippen molar-refractivity contribution in [2.75, 3.05) is 31.3 Å². The molecule has 1 heterocycles. The molecule has 1 aromatic rings. The van der Waals surface area contributed by atoms with Crippen molar-refractivity contribution in [1.82, 2.24) is 5.32 Å². The van der Waals surface area contributed by atoms with Gasteiger partial charge in [-0.25, -0.2) is 0 Å². The van der Waals surface area contributed by atoms with Crippen LogP contribution in [0.15, 0.2) is 23.1 Å². The fourth-order valence-corrected chi connectivity index (χ4v) is 3.03. The molecule has 18 heavy (non-hydrogen) atoms. The van der Waals surface area contributed by atoms with Gasteiger partial charge in [0, 0.05) is 24.5 Å². The highest BCUT2D eigenvalue weighted by molar-refractivity contribution is 7.98. The van der Waals surface area contributed by atoms with Crippen molar-refractivity contribution >= 4 is 17.4 Å². The Morgan fingerprint density at radius 2 is 2.33 bits per heavy atom. The van der Waals surface area contributed by atoms with Gasteiger partial charge in [-0.1, -0.05) is 6.07 Å². The molecule has 4 heteroatoms. The summed E-state index contributed by atoms with van der Waals surface area (Å²) in [5.74, 6) is 0. The van der Waals surface area contributed by atoms with E-state index in [4.69, 9.17) is 0 Å². The van der Waals surface area contributed by atoms with Crippen molar-refractivity contribution < 1.29 is 0 Å². The number of hydrogen-bond donors (Lipinski definition) is 1. The van der Waals surface area contributed by atoms with Crippen LogP contribution >= 0.6 is 11.8 Å². The zero-order valence-electron chi connectivity index (χ0n) is 10.9. The van der Waals surface area contributed by atoms with E-state index in [0.29, 0.717) is 6.04 Å². The summed E-state index contributed by atoms with van der Waals surface area (Å²) in [7, 11) is 2.10. The Bertz CT molecular complexity index is 447. The minimum Gasteiger partial charge on any atom is -0.369 e. The van der Waals surface area contributed by atoms with Gasteiger partial charge in [-0.05, 0) is 37.8 Å². The second-order valence-electron chi connectivity index (χ2n) is 4.58. The average molecular weight is 261 g/mol. The third-order valence-corrected chi connectivity index (χ3v) is 4.31. The molecule has 1 saturated heterocycles. The van der Waals surface area contributed by atoms with Crippen molar-refractivity contribution in [3.8, 4) is 6.07 Å². The Morgan fingerprint density at radius 3 is 2.94 bits per heavy atom. The van der Waals surface area contributed by atoms with E-state index in [1.807, 2.05) is 24.5 Å². The molecule has 3 nitrogen and oxygen atoms in total. The summed E-state index contributed by atoms with van der Waals surface area (Å²) < 4.78 is 0. The Kier molecular flexibility index (Phi) is 4.51. The zero-order chi connectivity index (χ0) is 13.0. The lowest BCUT2D eigenvalue weighted by Crippen LogP contribution is -2.44. The molecule has 0 bridgehead atoms. The Hall–Kier alpha value is -1.18. The SMILES string of the molecule is CSc1cccc(N(C)C2CCCNC2)c1C#N. The van der Waals surface area contributed by atoms with Crippen LogP contribution in [0, 0.1) is 11.3 Å². The summed E-state index contributed by atoms with van der Waals surface area (Å²) >= 11 is 1.63. The van der Waals surface area contributed by atoms with Gasteiger partial charge >= 0.3 is 0 Å². The van der Waals surface area contributed by atoms with Gasteiger partial charge in [-0.2, -0.15) is 5.26 Å². The monoisotopic (exact) mass is 261 g/mol. The Balaban J connectivity index is 2.29. The van der Waals surface area contributed by atoms with Crippen molar-refractivity contribution in [2.24, 2.45) is 0 Å². The summed E-state index contributed by atoms with van der Waals surface area (Å²) in [6, 6.07) is 8.94. The number of nitrogens with one attached hydrogen (secondary N) is 1. The summed E-state index contributed by atoms with van der Waals surface area (Å²) in [4.78, 5) is 3.32. The Morgan fingerprint density at radius 1 is 1.50 bits per heavy atom. The second kappa shape index (κ2) is 6.12. The lowest BCUT2D eigenvalue weighted by molar-refractivity contribution is 0.445. The van der Waals surface area contributed by atoms with Crippen molar-refractivity contribution in [2.45, 2.75) is 23.8 Å². The lowest BCUT2D eigenvalue weighted by atomic mass is 10.0. The number of thioether (sulfide) groups is 1. The number of anilines is 1. The van der Waals surface area contributed by atoms with E-state index in [0.717, 1.165) is 29.2 Å². The first-order valence-corrected chi connectivity index (χ1v) is 7.51. The second-order valence-corrected chi connectivity index (χ2v) is 5.43. The first-order valence-electron chi connectivity index (χ1n) is 6.28. The molecule has 1 unspecified atom stereocenters. The number of benzene rings is 1. The molecule has 1 aliphatic rings. The predicted molar refractivity (Wildman–Crippen MR) is 77.2 cm³/mol. The zero-order valence-corrected chi connectivity index (χ0v) is 11.8. The van der Waals surface area contributed by atoms with E-state index in [1.54, 1.807) is 11.8 Å². The third kappa shape index (κ3) is 2.63. The summed E-state index contributed by atoms with van der Waals surface area (Å²) in [6.45, 7) is 2.12. The highest BCUT2D eigenvalue weighted by Crippen LogP contribution is 2.30. The van der Waals surface area contributed by atoms with Crippen molar-refractivity contribution in [3.05, 3.63) is 23.8 Å². The van der Waals surface area contributed by atoms with Crippen LogP contribution in [0.1, 0.15) is 18.4 Å². The van der Waals surface area contributed by atoms with Crippen LogP contribution in [0.2, 0.25) is 0 Å². The highest BCUT2D eigenvalue weighted by Gasteiger charge is 2.20. The normalized spacial score (nSPS) is 19.3. The predicted octanol–water partition coefficient (Wildman–Crippen LogP) is 2.47. The van der Waals surface area contributed by atoms with Crippen LogP contribution in [-0.2, 0) is 0 Å². The number of nitrogens with zero attached hydrogens (tertiary/aromatic N) is 2. The molecule has 1 aliphatic heterocycles. The molecule has 0 radical (unpaired) electrons. The Labute approximate surface area is 113 Å². The number of hydrogen-bond acceptors (Lipinski definition) is 4. The van der Waals surface area contributed by atoms with Gasteiger partial charge in [0.15, 0.2) is 0 Å². The van der Waals surface area contributed by atoms with Crippen molar-refractivity contribution in [3.63, 3.8) is 0 Å². The fraction of sp³-hybridized carbons (Fsp3) is 0.500. The van der Waals surface area contributed by atoms with Gasteiger partial charge in [0.1, 0.15) is 6.07 Å². The molecule has 0 aromatic heterocycles. The number of likely N-dealkylation sites (N-methyl/N-ethyl adjacent to an activating group) is 1. The molecule has 1 aromatic carbocycles. The molecule has 0 aliphatic carbocycles. The van der Waals surface area contributed by atoms with Crippen LogP contribution in [-0.4, -0.2) is 32.4 Å². The molecule has 0 saturated carbocycles. The standard InChI is InChI=1S/C14H19N3S/c1-17(11-5-4-8-16-10-11)13-6-3-7-14(18-2)12(13)9-15/h3,6-7,11,16H,4-5,8,10H2,1-2H3. The summed E-state index contributed by atoms with van der Waals surface area (Å²) in [5.41, 5.74) is 1.86. The van der Waals surface area contributed by atoms with E-state index in [1.165, 1.54) is 12.8 Å². The maximum absolute atomic E-state index is 9.37. The molecular formula is C14H19N3S. The van der Waals surface area contributed by atoms with Gasteiger partial charge in [0.25, 0.3) is 0 Å². The third-order valence-electron chi connectivity index (χ3n) is 3.53.